The van der Waals surface area contributed by atoms with Gasteiger partial charge in [0.25, 0.3) is 5.91 Å². The van der Waals surface area contributed by atoms with Crippen LogP contribution >= 0.6 is 0 Å². The Labute approximate surface area is 139 Å². The van der Waals surface area contributed by atoms with E-state index in [1.807, 2.05) is 11.8 Å². The zero-order valence-electron chi connectivity index (χ0n) is 14.9. The molecule has 0 radical (unpaired) electrons. The second kappa shape index (κ2) is 8.27. The highest BCUT2D eigenvalue weighted by atomic mass is 16.2. The number of nitrogens with one attached hydrogen (secondary N) is 1. The lowest BCUT2D eigenvalue weighted by Gasteiger charge is -2.35. The smallest absolute Gasteiger partial charge is 0.272 e. The summed E-state index contributed by atoms with van der Waals surface area (Å²) in [5, 5.41) is 3.32. The van der Waals surface area contributed by atoms with Crippen molar-refractivity contribution in [3.63, 3.8) is 0 Å². The minimum Gasteiger partial charge on any atom is -0.370 e. The third-order valence-electron chi connectivity index (χ3n) is 4.44. The summed E-state index contributed by atoms with van der Waals surface area (Å²) in [6, 6.07) is 2.15. The van der Waals surface area contributed by atoms with Crippen molar-refractivity contribution in [2.24, 2.45) is 5.92 Å². The molecule has 128 valence electrons. The molecular formula is C18H30N4O. The van der Waals surface area contributed by atoms with E-state index in [0.717, 1.165) is 44.6 Å². The van der Waals surface area contributed by atoms with Gasteiger partial charge in [-0.25, -0.2) is 9.97 Å². The molecule has 1 unspecified atom stereocenters. The normalized spacial score (nSPS) is 18.3. The number of anilines is 1. The van der Waals surface area contributed by atoms with Crippen LogP contribution in [-0.2, 0) is 0 Å². The second-order valence-corrected chi connectivity index (χ2v) is 6.85. The van der Waals surface area contributed by atoms with Gasteiger partial charge in [0.05, 0.1) is 0 Å². The number of piperidine rings is 1. The predicted octanol–water partition coefficient (Wildman–Crippen LogP) is 3.65. The predicted molar refractivity (Wildman–Crippen MR) is 93.7 cm³/mol. The first kappa shape index (κ1) is 17.7. The van der Waals surface area contributed by atoms with Crippen molar-refractivity contribution in [3.8, 4) is 0 Å². The molecule has 1 aromatic rings. The van der Waals surface area contributed by atoms with Gasteiger partial charge in [-0.15, -0.1) is 0 Å². The monoisotopic (exact) mass is 318 g/mol. The summed E-state index contributed by atoms with van der Waals surface area (Å²) in [6.07, 6.45) is 5.50. The third-order valence-corrected chi connectivity index (χ3v) is 4.44. The Kier molecular flexibility index (Phi) is 6.37. The quantitative estimate of drug-likeness (QED) is 0.870. The number of amides is 1. The van der Waals surface area contributed by atoms with Gasteiger partial charge in [-0.1, -0.05) is 20.8 Å². The maximum Gasteiger partial charge on any atom is 0.272 e. The molecule has 1 amide bonds. The van der Waals surface area contributed by atoms with Crippen molar-refractivity contribution >= 4 is 11.7 Å². The molecule has 0 saturated carbocycles. The zero-order chi connectivity index (χ0) is 16.8. The molecule has 1 N–H and O–H groups in total. The summed E-state index contributed by atoms with van der Waals surface area (Å²) in [6.45, 7) is 10.1. The fourth-order valence-corrected chi connectivity index (χ4v) is 3.10. The Morgan fingerprint density at radius 2 is 2.17 bits per heavy atom. The molecule has 5 nitrogen and oxygen atoms in total. The van der Waals surface area contributed by atoms with Crippen LogP contribution in [-0.4, -0.2) is 39.9 Å². The maximum atomic E-state index is 12.9. The standard InChI is InChI=1S/C18H30N4O/c1-5-15-8-6-7-11-22(15)18(23)16-12-17(21-14(4)20-16)19-10-9-13(2)3/h12-13,15H,5-11H2,1-4H3,(H,19,20,21). The van der Waals surface area contributed by atoms with Crippen LogP contribution in [0.25, 0.3) is 0 Å². The van der Waals surface area contributed by atoms with Gasteiger partial charge < -0.3 is 10.2 Å². The number of hydrogen-bond donors (Lipinski definition) is 1. The maximum absolute atomic E-state index is 12.9. The van der Waals surface area contributed by atoms with Crippen LogP contribution < -0.4 is 5.32 Å². The minimum absolute atomic E-state index is 0.0500. The summed E-state index contributed by atoms with van der Waals surface area (Å²) in [5.74, 6) is 2.10. The third kappa shape index (κ3) is 4.91. The highest BCUT2D eigenvalue weighted by Crippen LogP contribution is 2.22. The molecule has 5 heteroatoms. The van der Waals surface area contributed by atoms with Crippen molar-refractivity contribution in [2.45, 2.75) is 65.8 Å². The van der Waals surface area contributed by atoms with Gasteiger partial charge in [-0.3, -0.25) is 4.79 Å². The number of likely N-dealkylation sites (tertiary alicyclic amines) is 1. The molecule has 23 heavy (non-hydrogen) atoms. The molecule has 1 aliphatic heterocycles. The first-order chi connectivity index (χ1) is 11.0. The lowest BCUT2D eigenvalue weighted by Crippen LogP contribution is -2.43. The average Bonchev–Trinajstić information content (AvgIpc) is 2.53. The highest BCUT2D eigenvalue weighted by molar-refractivity contribution is 5.93. The van der Waals surface area contributed by atoms with E-state index < -0.39 is 0 Å². The van der Waals surface area contributed by atoms with Crippen molar-refractivity contribution in [3.05, 3.63) is 17.6 Å². The van der Waals surface area contributed by atoms with Gasteiger partial charge in [0.15, 0.2) is 0 Å². The van der Waals surface area contributed by atoms with Crippen LogP contribution in [0, 0.1) is 12.8 Å². The number of rotatable bonds is 6. The Bertz CT molecular complexity index is 530. The molecule has 0 spiro atoms. The fraction of sp³-hybridized carbons (Fsp3) is 0.722. The molecule has 1 saturated heterocycles. The fourth-order valence-electron chi connectivity index (χ4n) is 3.10. The molecule has 1 aromatic heterocycles. The van der Waals surface area contributed by atoms with Crippen LogP contribution in [0.4, 0.5) is 5.82 Å². The largest absolute Gasteiger partial charge is 0.370 e. The molecule has 1 aliphatic rings. The van der Waals surface area contributed by atoms with Gasteiger partial charge in [0.1, 0.15) is 17.3 Å². The summed E-state index contributed by atoms with van der Waals surface area (Å²) < 4.78 is 0. The Balaban J connectivity index is 2.11. The van der Waals surface area contributed by atoms with E-state index in [1.54, 1.807) is 6.07 Å². The van der Waals surface area contributed by atoms with Gasteiger partial charge in [0, 0.05) is 25.2 Å². The Hall–Kier alpha value is -1.65. The summed E-state index contributed by atoms with van der Waals surface area (Å²) in [4.78, 5) is 23.6. The molecule has 1 fully saturated rings. The van der Waals surface area contributed by atoms with Gasteiger partial charge >= 0.3 is 0 Å². The van der Waals surface area contributed by atoms with E-state index in [1.165, 1.54) is 6.42 Å². The number of carbonyl (C=O) groups is 1. The van der Waals surface area contributed by atoms with E-state index in [4.69, 9.17) is 0 Å². The highest BCUT2D eigenvalue weighted by Gasteiger charge is 2.27. The number of aromatic nitrogens is 2. The SMILES string of the molecule is CCC1CCCCN1C(=O)c1cc(NCCC(C)C)nc(C)n1. The van der Waals surface area contributed by atoms with Crippen molar-refractivity contribution < 1.29 is 4.79 Å². The summed E-state index contributed by atoms with van der Waals surface area (Å²) >= 11 is 0. The molecular weight excluding hydrogens is 288 g/mol. The van der Waals surface area contributed by atoms with Gasteiger partial charge in [0.2, 0.25) is 0 Å². The van der Waals surface area contributed by atoms with E-state index in [-0.39, 0.29) is 5.91 Å². The lowest BCUT2D eigenvalue weighted by atomic mass is 9.99. The van der Waals surface area contributed by atoms with Crippen molar-refractivity contribution in [1.82, 2.24) is 14.9 Å². The number of carbonyl (C=O) groups excluding carboxylic acids is 1. The molecule has 0 aromatic carbocycles. The Morgan fingerprint density at radius 3 is 2.87 bits per heavy atom. The molecule has 2 rings (SSSR count). The first-order valence-electron chi connectivity index (χ1n) is 8.91. The summed E-state index contributed by atoms with van der Waals surface area (Å²) in [7, 11) is 0. The topological polar surface area (TPSA) is 58.1 Å². The zero-order valence-corrected chi connectivity index (χ0v) is 14.9. The van der Waals surface area contributed by atoms with E-state index in [9.17, 15) is 4.79 Å². The minimum atomic E-state index is 0.0500. The van der Waals surface area contributed by atoms with Crippen molar-refractivity contribution in [2.75, 3.05) is 18.4 Å². The summed E-state index contributed by atoms with van der Waals surface area (Å²) in [5.41, 5.74) is 0.518. The van der Waals surface area contributed by atoms with E-state index in [0.29, 0.717) is 23.5 Å². The molecule has 0 bridgehead atoms. The van der Waals surface area contributed by atoms with Crippen LogP contribution in [0.3, 0.4) is 0 Å². The van der Waals surface area contributed by atoms with Gasteiger partial charge in [-0.2, -0.15) is 0 Å². The second-order valence-electron chi connectivity index (χ2n) is 6.85. The van der Waals surface area contributed by atoms with Gasteiger partial charge in [-0.05, 0) is 44.9 Å². The van der Waals surface area contributed by atoms with Crippen LogP contribution in [0.1, 0.15) is 69.2 Å². The molecule has 0 aliphatic carbocycles. The van der Waals surface area contributed by atoms with E-state index >= 15 is 0 Å². The molecule has 2 heterocycles. The van der Waals surface area contributed by atoms with Crippen LogP contribution in [0.5, 0.6) is 0 Å². The Morgan fingerprint density at radius 1 is 1.39 bits per heavy atom. The lowest BCUT2D eigenvalue weighted by molar-refractivity contribution is 0.0601. The van der Waals surface area contributed by atoms with Crippen molar-refractivity contribution in [1.29, 1.82) is 0 Å². The average molecular weight is 318 g/mol. The van der Waals surface area contributed by atoms with Crippen LogP contribution in [0.2, 0.25) is 0 Å². The van der Waals surface area contributed by atoms with E-state index in [2.05, 4.69) is 36.1 Å². The van der Waals surface area contributed by atoms with Crippen LogP contribution in [0.15, 0.2) is 6.07 Å². The number of aryl methyl sites for hydroxylation is 1. The number of hydrogen-bond acceptors (Lipinski definition) is 4. The first-order valence-corrected chi connectivity index (χ1v) is 8.91. The number of nitrogens with zero attached hydrogens (tertiary/aromatic N) is 3. The molecule has 1 atom stereocenters.